The number of rotatable bonds is 3. The van der Waals surface area contributed by atoms with Gasteiger partial charge >= 0.3 is 0 Å². The second-order valence-electron chi connectivity index (χ2n) is 6.20. The molecule has 0 unspecified atom stereocenters. The van der Waals surface area contributed by atoms with Crippen LogP contribution in [0.25, 0.3) is 27.7 Å². The topological polar surface area (TPSA) is 60.0 Å². The van der Waals surface area contributed by atoms with E-state index in [9.17, 15) is 0 Å². The molecule has 6 nitrogen and oxygen atoms in total. The van der Waals surface area contributed by atoms with Crippen LogP contribution in [0.3, 0.4) is 0 Å². The van der Waals surface area contributed by atoms with Crippen molar-refractivity contribution in [3.63, 3.8) is 0 Å². The first-order valence-corrected chi connectivity index (χ1v) is 8.35. The first kappa shape index (κ1) is 14.7. The average molecular weight is 340 g/mol. The Hall–Kier alpha value is -3.67. The van der Waals surface area contributed by atoms with E-state index in [2.05, 4.69) is 50.7 Å². The fourth-order valence-corrected chi connectivity index (χ4v) is 3.18. The van der Waals surface area contributed by atoms with E-state index in [1.807, 2.05) is 48.4 Å². The number of fused-ring (bicyclic) bond motifs is 2. The summed E-state index contributed by atoms with van der Waals surface area (Å²) >= 11 is 0. The van der Waals surface area contributed by atoms with Crippen LogP contribution >= 0.6 is 0 Å². The van der Waals surface area contributed by atoms with Crippen LogP contribution in [0.2, 0.25) is 0 Å². The molecule has 1 N–H and O–H groups in total. The molecule has 0 saturated heterocycles. The number of hydrogen-bond donors (Lipinski definition) is 1. The lowest BCUT2D eigenvalue weighted by Gasteiger charge is -2.08. The molecule has 126 valence electrons. The molecule has 0 aliphatic carbocycles. The van der Waals surface area contributed by atoms with E-state index < -0.39 is 0 Å². The number of imidazole rings is 1. The Balaban J connectivity index is 1.57. The lowest BCUT2D eigenvalue weighted by Crippen LogP contribution is -1.98. The lowest BCUT2D eigenvalue weighted by molar-refractivity contribution is 0.768. The smallest absolute Gasteiger partial charge is 0.180 e. The van der Waals surface area contributed by atoms with Crippen molar-refractivity contribution in [3.05, 3.63) is 73.4 Å². The maximum Gasteiger partial charge on any atom is 0.180 e. The second-order valence-corrected chi connectivity index (χ2v) is 6.20. The van der Waals surface area contributed by atoms with E-state index in [1.165, 1.54) is 10.8 Å². The van der Waals surface area contributed by atoms with Crippen molar-refractivity contribution in [1.29, 1.82) is 0 Å². The summed E-state index contributed by atoms with van der Waals surface area (Å²) in [7, 11) is 1.90. The maximum atomic E-state index is 4.56. The molecule has 0 aliphatic rings. The highest BCUT2D eigenvalue weighted by Crippen LogP contribution is 2.26. The highest BCUT2D eigenvalue weighted by Gasteiger charge is 2.11. The van der Waals surface area contributed by atoms with Crippen LogP contribution in [0.1, 0.15) is 0 Å². The Morgan fingerprint density at radius 1 is 0.962 bits per heavy atom. The van der Waals surface area contributed by atoms with E-state index in [-0.39, 0.29) is 0 Å². The van der Waals surface area contributed by atoms with Gasteiger partial charge < -0.3 is 5.32 Å². The monoisotopic (exact) mass is 340 g/mol. The van der Waals surface area contributed by atoms with Gasteiger partial charge in [-0.05, 0) is 22.9 Å². The van der Waals surface area contributed by atoms with Crippen molar-refractivity contribution in [2.24, 2.45) is 7.05 Å². The van der Waals surface area contributed by atoms with E-state index in [0.29, 0.717) is 0 Å². The minimum atomic E-state index is 0.720. The van der Waals surface area contributed by atoms with Crippen LogP contribution in [0.5, 0.6) is 0 Å². The number of aromatic nitrogens is 5. The summed E-state index contributed by atoms with van der Waals surface area (Å²) in [5.74, 6) is 0.720. The largest absolute Gasteiger partial charge is 0.337 e. The minimum Gasteiger partial charge on any atom is -0.337 e. The van der Waals surface area contributed by atoms with Crippen LogP contribution in [-0.2, 0) is 7.05 Å². The fourth-order valence-electron chi connectivity index (χ4n) is 3.18. The van der Waals surface area contributed by atoms with Crippen molar-refractivity contribution in [2.45, 2.75) is 0 Å². The molecule has 6 heteroatoms. The van der Waals surface area contributed by atoms with Crippen molar-refractivity contribution in [3.8, 4) is 11.3 Å². The number of anilines is 2. The van der Waals surface area contributed by atoms with Gasteiger partial charge in [0.25, 0.3) is 0 Å². The normalized spacial score (nSPS) is 11.3. The molecule has 3 aromatic heterocycles. The summed E-state index contributed by atoms with van der Waals surface area (Å²) in [6.45, 7) is 0. The summed E-state index contributed by atoms with van der Waals surface area (Å²) in [4.78, 5) is 9.04. The summed E-state index contributed by atoms with van der Waals surface area (Å²) < 4.78 is 3.80. The molecule has 0 amide bonds. The van der Waals surface area contributed by atoms with Crippen molar-refractivity contribution in [2.75, 3.05) is 5.32 Å². The molecule has 0 saturated carbocycles. The molecule has 5 rings (SSSR count). The zero-order valence-corrected chi connectivity index (χ0v) is 14.2. The molecular weight excluding hydrogens is 324 g/mol. The third-order valence-corrected chi connectivity index (χ3v) is 4.44. The Morgan fingerprint density at radius 2 is 1.85 bits per heavy atom. The Morgan fingerprint density at radius 3 is 2.69 bits per heavy atom. The zero-order valence-electron chi connectivity index (χ0n) is 14.2. The zero-order chi connectivity index (χ0) is 17.5. The van der Waals surface area contributed by atoms with Crippen LogP contribution in [-0.4, -0.2) is 24.1 Å². The SMILES string of the molecule is Cn1cc(-c2cnc3c(Nc4ccc5ccccc5c4)nccn23)cn1. The van der Waals surface area contributed by atoms with E-state index in [1.54, 1.807) is 10.9 Å². The van der Waals surface area contributed by atoms with Crippen molar-refractivity contribution < 1.29 is 0 Å². The van der Waals surface area contributed by atoms with Gasteiger partial charge in [-0.2, -0.15) is 5.10 Å². The molecule has 26 heavy (non-hydrogen) atoms. The quantitative estimate of drug-likeness (QED) is 0.539. The minimum absolute atomic E-state index is 0.720. The molecule has 3 heterocycles. The third kappa shape index (κ3) is 2.39. The van der Waals surface area contributed by atoms with Gasteiger partial charge in [-0.25, -0.2) is 9.97 Å². The van der Waals surface area contributed by atoms with Crippen LogP contribution < -0.4 is 5.32 Å². The highest BCUT2D eigenvalue weighted by molar-refractivity contribution is 5.87. The van der Waals surface area contributed by atoms with Crippen molar-refractivity contribution >= 4 is 27.9 Å². The molecule has 0 atom stereocenters. The van der Waals surface area contributed by atoms with E-state index in [4.69, 9.17) is 0 Å². The highest BCUT2D eigenvalue weighted by atomic mass is 15.2. The van der Waals surface area contributed by atoms with Gasteiger partial charge in [0, 0.05) is 36.9 Å². The number of hydrogen-bond acceptors (Lipinski definition) is 4. The standard InChI is InChI=1S/C20H16N6/c1-25-13-16(11-23-25)18-12-22-20-19(21-8-9-26(18)20)24-17-7-6-14-4-2-3-5-15(14)10-17/h2-13H,1H3,(H,21,24). The predicted octanol–water partition coefficient (Wildman–Crippen LogP) is 4.03. The summed E-state index contributed by atoms with van der Waals surface area (Å²) in [5, 5.41) is 10.0. The summed E-state index contributed by atoms with van der Waals surface area (Å²) in [5.41, 5.74) is 3.76. The van der Waals surface area contributed by atoms with Gasteiger partial charge in [0.2, 0.25) is 0 Å². The molecule has 5 aromatic rings. The van der Waals surface area contributed by atoms with Gasteiger partial charge in [-0.3, -0.25) is 9.08 Å². The van der Waals surface area contributed by atoms with Crippen LogP contribution in [0.4, 0.5) is 11.5 Å². The first-order valence-electron chi connectivity index (χ1n) is 8.35. The number of nitrogens with one attached hydrogen (secondary N) is 1. The van der Waals surface area contributed by atoms with Gasteiger partial charge in [0.15, 0.2) is 11.5 Å². The first-order chi connectivity index (χ1) is 12.8. The average Bonchev–Trinajstić information content (AvgIpc) is 3.28. The molecule has 0 bridgehead atoms. The molecule has 2 aromatic carbocycles. The fraction of sp³-hybridized carbons (Fsp3) is 0.0500. The molecule has 0 spiro atoms. The van der Waals surface area contributed by atoms with Gasteiger partial charge in [-0.15, -0.1) is 0 Å². The van der Waals surface area contributed by atoms with Gasteiger partial charge in [0.1, 0.15) is 0 Å². The number of benzene rings is 2. The predicted molar refractivity (Wildman–Crippen MR) is 102 cm³/mol. The molecule has 0 aliphatic heterocycles. The third-order valence-electron chi connectivity index (χ3n) is 4.44. The molecule has 0 fully saturated rings. The van der Waals surface area contributed by atoms with E-state index in [0.717, 1.165) is 28.4 Å². The Bertz CT molecular complexity index is 1230. The molecular formula is C20H16N6. The van der Waals surface area contributed by atoms with Crippen LogP contribution in [0, 0.1) is 0 Å². The van der Waals surface area contributed by atoms with E-state index >= 15 is 0 Å². The Labute approximate surface area is 149 Å². The Kier molecular flexibility index (Phi) is 3.21. The second kappa shape index (κ2) is 5.70. The van der Waals surface area contributed by atoms with Crippen molar-refractivity contribution in [1.82, 2.24) is 24.1 Å². The lowest BCUT2D eigenvalue weighted by atomic mass is 10.1. The number of nitrogens with zero attached hydrogens (tertiary/aromatic N) is 5. The van der Waals surface area contributed by atoms with Gasteiger partial charge in [-0.1, -0.05) is 30.3 Å². The summed E-state index contributed by atoms with van der Waals surface area (Å²) in [6.07, 6.45) is 9.34. The van der Waals surface area contributed by atoms with Crippen LogP contribution in [0.15, 0.2) is 73.4 Å². The number of aryl methyl sites for hydroxylation is 1. The molecule has 0 radical (unpaired) electrons. The maximum absolute atomic E-state index is 4.56. The summed E-state index contributed by atoms with van der Waals surface area (Å²) in [6, 6.07) is 14.6. The van der Waals surface area contributed by atoms with Gasteiger partial charge in [0.05, 0.1) is 18.1 Å².